The van der Waals surface area contributed by atoms with Crippen LogP contribution in [0.2, 0.25) is 0 Å². The molecule has 0 aliphatic heterocycles. The van der Waals surface area contributed by atoms with Crippen molar-refractivity contribution in [2.45, 2.75) is 45.7 Å². The summed E-state index contributed by atoms with van der Waals surface area (Å²) in [6.45, 7) is 5.87. The van der Waals surface area contributed by atoms with Gasteiger partial charge >= 0.3 is 0 Å². The SMILES string of the molecule is CC(C)C[C@H](N)C(=O)NC(C)c1nc(Cc2ccccc2)no1.Cl. The lowest BCUT2D eigenvalue weighted by Gasteiger charge is -2.16. The second-order valence-corrected chi connectivity index (χ2v) is 6.18. The van der Waals surface area contributed by atoms with Gasteiger partial charge in [-0.1, -0.05) is 49.3 Å². The molecule has 0 bridgehead atoms. The first-order valence-corrected chi connectivity index (χ1v) is 7.88. The van der Waals surface area contributed by atoms with Gasteiger partial charge in [0.1, 0.15) is 6.04 Å². The van der Waals surface area contributed by atoms with E-state index in [0.717, 1.165) is 5.56 Å². The van der Waals surface area contributed by atoms with E-state index >= 15 is 0 Å². The molecule has 1 amide bonds. The van der Waals surface area contributed by atoms with Crippen molar-refractivity contribution in [2.24, 2.45) is 11.7 Å². The van der Waals surface area contributed by atoms with Crippen LogP contribution in [-0.2, 0) is 11.2 Å². The highest BCUT2D eigenvalue weighted by Crippen LogP contribution is 2.13. The van der Waals surface area contributed by atoms with Gasteiger partial charge in [0, 0.05) is 6.42 Å². The Kier molecular flexibility index (Phi) is 7.88. The van der Waals surface area contributed by atoms with Crippen molar-refractivity contribution in [2.75, 3.05) is 0 Å². The monoisotopic (exact) mass is 352 g/mol. The molecule has 7 heteroatoms. The minimum absolute atomic E-state index is 0. The van der Waals surface area contributed by atoms with E-state index in [1.807, 2.05) is 44.2 Å². The predicted molar refractivity (Wildman–Crippen MR) is 94.8 cm³/mol. The summed E-state index contributed by atoms with van der Waals surface area (Å²) < 4.78 is 5.24. The maximum absolute atomic E-state index is 12.0. The van der Waals surface area contributed by atoms with Crippen molar-refractivity contribution in [3.05, 3.63) is 47.6 Å². The van der Waals surface area contributed by atoms with E-state index in [1.165, 1.54) is 0 Å². The van der Waals surface area contributed by atoms with Crippen molar-refractivity contribution in [3.8, 4) is 0 Å². The molecule has 0 radical (unpaired) electrons. The van der Waals surface area contributed by atoms with Crippen LogP contribution in [0.3, 0.4) is 0 Å². The van der Waals surface area contributed by atoms with Crippen LogP contribution in [0, 0.1) is 5.92 Å². The molecule has 2 rings (SSSR count). The van der Waals surface area contributed by atoms with Gasteiger partial charge in [0.15, 0.2) is 5.82 Å². The highest BCUT2D eigenvalue weighted by Gasteiger charge is 2.21. The highest BCUT2D eigenvalue weighted by molar-refractivity contribution is 5.85. The molecule has 0 aliphatic rings. The third kappa shape index (κ3) is 5.94. The van der Waals surface area contributed by atoms with E-state index in [4.69, 9.17) is 10.3 Å². The van der Waals surface area contributed by atoms with Crippen LogP contribution in [0.1, 0.15) is 50.5 Å². The molecular weight excluding hydrogens is 328 g/mol. The Morgan fingerprint density at radius 1 is 1.25 bits per heavy atom. The lowest BCUT2D eigenvalue weighted by atomic mass is 10.0. The smallest absolute Gasteiger partial charge is 0.248 e. The van der Waals surface area contributed by atoms with Crippen LogP contribution in [0.5, 0.6) is 0 Å². The second-order valence-electron chi connectivity index (χ2n) is 6.18. The molecule has 0 saturated carbocycles. The number of benzene rings is 1. The number of rotatable bonds is 7. The summed E-state index contributed by atoms with van der Waals surface area (Å²) in [6, 6.07) is 9.02. The first kappa shape index (κ1) is 20.1. The molecule has 2 aromatic rings. The van der Waals surface area contributed by atoms with Gasteiger partial charge in [-0.25, -0.2) is 0 Å². The van der Waals surface area contributed by atoms with Crippen molar-refractivity contribution < 1.29 is 9.32 Å². The highest BCUT2D eigenvalue weighted by atomic mass is 35.5. The average molecular weight is 353 g/mol. The molecule has 0 saturated heterocycles. The van der Waals surface area contributed by atoms with Gasteiger partial charge in [-0.15, -0.1) is 12.4 Å². The minimum Gasteiger partial charge on any atom is -0.343 e. The number of halogens is 1. The van der Waals surface area contributed by atoms with Gasteiger partial charge in [0.25, 0.3) is 0 Å². The summed E-state index contributed by atoms with van der Waals surface area (Å²) in [6.07, 6.45) is 1.24. The summed E-state index contributed by atoms with van der Waals surface area (Å²) >= 11 is 0. The molecule has 1 unspecified atom stereocenters. The molecule has 1 aromatic heterocycles. The Bertz CT molecular complexity index is 631. The van der Waals surface area contributed by atoms with Crippen LogP contribution < -0.4 is 11.1 Å². The number of hydrogen-bond acceptors (Lipinski definition) is 5. The first-order chi connectivity index (χ1) is 11.0. The quantitative estimate of drug-likeness (QED) is 0.798. The number of aromatic nitrogens is 2. The molecule has 1 heterocycles. The molecular formula is C17H25ClN4O2. The number of nitrogens with two attached hydrogens (primary N) is 1. The van der Waals surface area contributed by atoms with E-state index in [9.17, 15) is 4.79 Å². The first-order valence-electron chi connectivity index (χ1n) is 7.88. The van der Waals surface area contributed by atoms with Gasteiger partial charge in [0.2, 0.25) is 11.8 Å². The van der Waals surface area contributed by atoms with E-state index in [-0.39, 0.29) is 24.4 Å². The number of carbonyl (C=O) groups is 1. The molecule has 0 fully saturated rings. The summed E-state index contributed by atoms with van der Waals surface area (Å²) in [4.78, 5) is 16.4. The van der Waals surface area contributed by atoms with Crippen LogP contribution in [0.15, 0.2) is 34.9 Å². The largest absolute Gasteiger partial charge is 0.343 e. The van der Waals surface area contributed by atoms with Gasteiger partial charge in [-0.3, -0.25) is 4.79 Å². The fourth-order valence-electron chi connectivity index (χ4n) is 2.29. The summed E-state index contributed by atoms with van der Waals surface area (Å²) in [5, 5.41) is 6.78. The Morgan fingerprint density at radius 2 is 1.92 bits per heavy atom. The molecule has 1 aromatic carbocycles. The van der Waals surface area contributed by atoms with Gasteiger partial charge in [0.05, 0.1) is 6.04 Å². The van der Waals surface area contributed by atoms with Crippen molar-refractivity contribution in [1.82, 2.24) is 15.5 Å². The fourth-order valence-corrected chi connectivity index (χ4v) is 2.29. The lowest BCUT2D eigenvalue weighted by Crippen LogP contribution is -2.42. The third-order valence-corrected chi connectivity index (χ3v) is 3.48. The Balaban J connectivity index is 0.00000288. The van der Waals surface area contributed by atoms with Gasteiger partial charge in [-0.05, 0) is 24.8 Å². The molecule has 0 aliphatic carbocycles. The minimum atomic E-state index is -0.524. The zero-order valence-corrected chi connectivity index (χ0v) is 15.0. The van der Waals surface area contributed by atoms with Crippen LogP contribution in [0.25, 0.3) is 0 Å². The third-order valence-electron chi connectivity index (χ3n) is 3.48. The summed E-state index contributed by atoms with van der Waals surface area (Å²) in [7, 11) is 0. The summed E-state index contributed by atoms with van der Waals surface area (Å²) in [5.74, 6) is 1.15. The number of amides is 1. The van der Waals surface area contributed by atoms with E-state index in [0.29, 0.717) is 30.5 Å². The standard InChI is InChI=1S/C17H24N4O2.ClH/c1-11(2)9-14(18)16(22)19-12(3)17-20-15(21-23-17)10-13-7-5-4-6-8-13;/h4-8,11-12,14H,9-10,18H2,1-3H3,(H,19,22);1H/t12?,14-;/m0./s1. The van der Waals surface area contributed by atoms with Crippen molar-refractivity contribution in [1.29, 1.82) is 0 Å². The van der Waals surface area contributed by atoms with Gasteiger partial charge in [-0.2, -0.15) is 4.98 Å². The second kappa shape index (κ2) is 9.39. The Labute approximate surface area is 148 Å². The van der Waals surface area contributed by atoms with Crippen molar-refractivity contribution in [3.63, 3.8) is 0 Å². The predicted octanol–water partition coefficient (Wildman–Crippen LogP) is 2.63. The molecule has 2 atom stereocenters. The number of nitrogens with one attached hydrogen (secondary N) is 1. The Hall–Kier alpha value is -1.92. The topological polar surface area (TPSA) is 94.0 Å². The average Bonchev–Trinajstić information content (AvgIpc) is 2.96. The summed E-state index contributed by atoms with van der Waals surface area (Å²) in [5.41, 5.74) is 6.98. The number of carbonyl (C=O) groups excluding carboxylic acids is 1. The molecule has 132 valence electrons. The van der Waals surface area contributed by atoms with Crippen LogP contribution in [0.4, 0.5) is 0 Å². The Morgan fingerprint density at radius 3 is 2.54 bits per heavy atom. The molecule has 3 N–H and O–H groups in total. The van der Waals surface area contributed by atoms with Gasteiger partial charge < -0.3 is 15.6 Å². The molecule has 6 nitrogen and oxygen atoms in total. The van der Waals surface area contributed by atoms with Crippen molar-refractivity contribution >= 4 is 18.3 Å². The van der Waals surface area contributed by atoms with Crippen LogP contribution >= 0.6 is 12.4 Å². The van der Waals surface area contributed by atoms with E-state index in [2.05, 4.69) is 15.5 Å². The number of nitrogens with zero attached hydrogens (tertiary/aromatic N) is 2. The molecule has 24 heavy (non-hydrogen) atoms. The maximum atomic E-state index is 12.0. The number of hydrogen-bond donors (Lipinski definition) is 2. The normalized spacial score (nSPS) is 13.2. The zero-order chi connectivity index (χ0) is 16.8. The maximum Gasteiger partial charge on any atom is 0.248 e. The van der Waals surface area contributed by atoms with E-state index in [1.54, 1.807) is 6.92 Å². The van der Waals surface area contributed by atoms with E-state index < -0.39 is 6.04 Å². The fraction of sp³-hybridized carbons (Fsp3) is 0.471. The zero-order valence-electron chi connectivity index (χ0n) is 14.2. The lowest BCUT2D eigenvalue weighted by molar-refractivity contribution is -0.123. The van der Waals surface area contributed by atoms with Crippen LogP contribution in [-0.4, -0.2) is 22.1 Å². The molecule has 0 spiro atoms.